The normalized spacial score (nSPS) is 11.3. The standard InChI is InChI=1S/C11H12F3NO4/c12-11(13,14)7-18-5-2-6-19-8-3-1-4-15-9(8)10(16)17/h1,3-4H,2,5-7H2,(H,16,17). The maximum absolute atomic E-state index is 11.7. The average molecular weight is 279 g/mol. The van der Waals surface area contributed by atoms with E-state index >= 15 is 0 Å². The molecule has 1 rings (SSSR count). The molecular formula is C11H12F3NO4. The fourth-order valence-electron chi connectivity index (χ4n) is 1.20. The first-order chi connectivity index (χ1) is 8.90. The van der Waals surface area contributed by atoms with Gasteiger partial charge in [0.15, 0.2) is 11.4 Å². The first-order valence-electron chi connectivity index (χ1n) is 5.36. The van der Waals surface area contributed by atoms with Crippen LogP contribution in [0.4, 0.5) is 13.2 Å². The van der Waals surface area contributed by atoms with E-state index in [4.69, 9.17) is 9.84 Å². The summed E-state index contributed by atoms with van der Waals surface area (Å²) in [7, 11) is 0. The first kappa shape index (κ1) is 15.2. The Balaban J connectivity index is 2.28. The molecule has 0 bridgehead atoms. The zero-order valence-corrected chi connectivity index (χ0v) is 9.81. The minimum Gasteiger partial charge on any atom is -0.491 e. The molecule has 0 atom stereocenters. The van der Waals surface area contributed by atoms with E-state index in [2.05, 4.69) is 9.72 Å². The molecule has 5 nitrogen and oxygen atoms in total. The van der Waals surface area contributed by atoms with Gasteiger partial charge in [0.25, 0.3) is 0 Å². The molecule has 0 amide bonds. The molecule has 0 aliphatic rings. The van der Waals surface area contributed by atoms with Crippen molar-refractivity contribution in [2.24, 2.45) is 0 Å². The third kappa shape index (κ3) is 6.05. The lowest BCUT2D eigenvalue weighted by molar-refractivity contribution is -0.174. The van der Waals surface area contributed by atoms with Crippen molar-refractivity contribution < 1.29 is 32.5 Å². The number of alkyl halides is 3. The Hall–Kier alpha value is -1.83. The summed E-state index contributed by atoms with van der Waals surface area (Å²) in [5.41, 5.74) is -0.237. The van der Waals surface area contributed by atoms with Gasteiger partial charge in [-0.05, 0) is 12.1 Å². The monoisotopic (exact) mass is 279 g/mol. The third-order valence-corrected chi connectivity index (χ3v) is 1.93. The highest BCUT2D eigenvalue weighted by Gasteiger charge is 2.27. The van der Waals surface area contributed by atoms with Gasteiger partial charge in [0, 0.05) is 12.6 Å². The van der Waals surface area contributed by atoms with Crippen molar-refractivity contribution >= 4 is 5.97 Å². The number of halogens is 3. The highest BCUT2D eigenvalue weighted by Crippen LogP contribution is 2.16. The Bertz CT molecular complexity index is 423. The second-order valence-electron chi connectivity index (χ2n) is 3.53. The lowest BCUT2D eigenvalue weighted by Crippen LogP contribution is -2.18. The van der Waals surface area contributed by atoms with Crippen LogP contribution in [0.3, 0.4) is 0 Å². The van der Waals surface area contributed by atoms with Crippen LogP contribution in [0.2, 0.25) is 0 Å². The molecule has 1 aromatic rings. The molecule has 0 aliphatic heterocycles. The molecule has 0 aromatic carbocycles. The zero-order chi connectivity index (χ0) is 14.3. The quantitative estimate of drug-likeness (QED) is 0.774. The molecule has 106 valence electrons. The number of rotatable bonds is 7. The van der Waals surface area contributed by atoms with E-state index in [1.807, 2.05) is 0 Å². The van der Waals surface area contributed by atoms with Crippen molar-refractivity contribution in [2.45, 2.75) is 12.6 Å². The number of hydrogen-bond donors (Lipinski definition) is 1. The molecule has 0 saturated carbocycles. The summed E-state index contributed by atoms with van der Waals surface area (Å²) in [6.45, 7) is -1.38. The second-order valence-corrected chi connectivity index (χ2v) is 3.53. The largest absolute Gasteiger partial charge is 0.491 e. The van der Waals surface area contributed by atoms with Gasteiger partial charge in [0.2, 0.25) is 0 Å². The Morgan fingerprint density at radius 2 is 2.11 bits per heavy atom. The maximum atomic E-state index is 11.7. The van der Waals surface area contributed by atoms with Crippen molar-refractivity contribution in [1.29, 1.82) is 0 Å². The number of pyridine rings is 1. The number of carbonyl (C=O) groups is 1. The van der Waals surface area contributed by atoms with E-state index < -0.39 is 18.8 Å². The molecule has 0 saturated heterocycles. The summed E-state index contributed by atoms with van der Waals surface area (Å²) < 4.78 is 44.7. The Kier molecular flexibility index (Phi) is 5.56. The van der Waals surface area contributed by atoms with E-state index in [1.165, 1.54) is 18.3 Å². The Labute approximate surface area is 107 Å². The summed E-state index contributed by atoms with van der Waals surface area (Å²) in [5, 5.41) is 8.80. The minimum atomic E-state index is -4.35. The van der Waals surface area contributed by atoms with E-state index in [-0.39, 0.29) is 31.1 Å². The summed E-state index contributed by atoms with van der Waals surface area (Å²) >= 11 is 0. The van der Waals surface area contributed by atoms with Gasteiger partial charge in [0.05, 0.1) is 13.2 Å². The predicted octanol–water partition coefficient (Wildman–Crippen LogP) is 2.13. The number of aromatic carboxylic acids is 1. The van der Waals surface area contributed by atoms with E-state index in [9.17, 15) is 18.0 Å². The number of nitrogens with zero attached hydrogens (tertiary/aromatic N) is 1. The molecule has 1 heterocycles. The minimum absolute atomic E-state index is 0.0455. The molecule has 1 aromatic heterocycles. The molecule has 0 fully saturated rings. The van der Waals surface area contributed by atoms with Crippen molar-refractivity contribution in [2.75, 3.05) is 19.8 Å². The van der Waals surface area contributed by atoms with Crippen molar-refractivity contribution in [1.82, 2.24) is 4.98 Å². The van der Waals surface area contributed by atoms with Crippen molar-refractivity contribution in [3.05, 3.63) is 24.0 Å². The number of aromatic nitrogens is 1. The lowest BCUT2D eigenvalue weighted by Gasteiger charge is -2.09. The Morgan fingerprint density at radius 1 is 1.37 bits per heavy atom. The molecule has 0 radical (unpaired) electrons. The van der Waals surface area contributed by atoms with E-state index in [1.54, 1.807) is 0 Å². The molecule has 0 aliphatic carbocycles. The van der Waals surface area contributed by atoms with Crippen LogP contribution >= 0.6 is 0 Å². The van der Waals surface area contributed by atoms with Crippen LogP contribution in [-0.4, -0.2) is 42.1 Å². The molecule has 0 spiro atoms. The highest BCUT2D eigenvalue weighted by atomic mass is 19.4. The fraction of sp³-hybridized carbons (Fsp3) is 0.455. The number of carboxylic acids is 1. The summed E-state index contributed by atoms with van der Waals surface area (Å²) in [4.78, 5) is 14.4. The second kappa shape index (κ2) is 6.93. The smallest absolute Gasteiger partial charge is 0.411 e. The average Bonchev–Trinajstić information content (AvgIpc) is 2.32. The summed E-state index contributed by atoms with van der Waals surface area (Å²) in [6.07, 6.45) is -2.83. The van der Waals surface area contributed by atoms with Gasteiger partial charge < -0.3 is 14.6 Å². The van der Waals surface area contributed by atoms with Crippen LogP contribution in [0.1, 0.15) is 16.9 Å². The van der Waals surface area contributed by atoms with Crippen LogP contribution in [0.5, 0.6) is 5.75 Å². The van der Waals surface area contributed by atoms with Crippen LogP contribution in [0, 0.1) is 0 Å². The van der Waals surface area contributed by atoms with Gasteiger partial charge in [-0.2, -0.15) is 13.2 Å². The molecule has 1 N–H and O–H groups in total. The van der Waals surface area contributed by atoms with E-state index in [0.717, 1.165) is 0 Å². The van der Waals surface area contributed by atoms with Crippen LogP contribution in [0.25, 0.3) is 0 Å². The van der Waals surface area contributed by atoms with Gasteiger partial charge in [-0.25, -0.2) is 9.78 Å². The number of hydrogen-bond acceptors (Lipinski definition) is 4. The van der Waals surface area contributed by atoms with Crippen LogP contribution in [0.15, 0.2) is 18.3 Å². The van der Waals surface area contributed by atoms with Gasteiger partial charge in [-0.1, -0.05) is 0 Å². The molecule has 19 heavy (non-hydrogen) atoms. The Morgan fingerprint density at radius 3 is 2.74 bits per heavy atom. The zero-order valence-electron chi connectivity index (χ0n) is 9.81. The van der Waals surface area contributed by atoms with Gasteiger partial charge in [0.1, 0.15) is 6.61 Å². The topological polar surface area (TPSA) is 68.7 Å². The van der Waals surface area contributed by atoms with Crippen molar-refractivity contribution in [3.8, 4) is 5.75 Å². The SMILES string of the molecule is O=C(O)c1ncccc1OCCCOCC(F)(F)F. The van der Waals surface area contributed by atoms with Gasteiger partial charge >= 0.3 is 12.1 Å². The third-order valence-electron chi connectivity index (χ3n) is 1.93. The first-order valence-corrected chi connectivity index (χ1v) is 5.36. The number of carboxylic acid groups (broad SMARTS) is 1. The number of ether oxygens (including phenoxy) is 2. The predicted molar refractivity (Wildman–Crippen MR) is 58.2 cm³/mol. The molecule has 0 unspecified atom stereocenters. The fourth-order valence-corrected chi connectivity index (χ4v) is 1.20. The van der Waals surface area contributed by atoms with Gasteiger partial charge in [-0.3, -0.25) is 0 Å². The lowest BCUT2D eigenvalue weighted by atomic mass is 10.3. The van der Waals surface area contributed by atoms with Gasteiger partial charge in [-0.15, -0.1) is 0 Å². The maximum Gasteiger partial charge on any atom is 0.411 e. The summed E-state index contributed by atoms with van der Waals surface area (Å²) in [5.74, 6) is -1.16. The van der Waals surface area contributed by atoms with Crippen LogP contribution in [-0.2, 0) is 4.74 Å². The van der Waals surface area contributed by atoms with Crippen LogP contribution < -0.4 is 4.74 Å². The molecular weight excluding hydrogens is 267 g/mol. The highest BCUT2D eigenvalue weighted by molar-refractivity contribution is 5.88. The van der Waals surface area contributed by atoms with Crippen molar-refractivity contribution in [3.63, 3.8) is 0 Å². The van der Waals surface area contributed by atoms with E-state index in [0.29, 0.717) is 0 Å². The summed E-state index contributed by atoms with van der Waals surface area (Å²) in [6, 6.07) is 2.93. The molecule has 8 heteroatoms.